The molecule has 0 saturated heterocycles. The van der Waals surface area contributed by atoms with E-state index in [1.54, 1.807) is 32.4 Å². The Hall–Kier alpha value is -4.33. The molecule has 0 unspecified atom stereocenters. The van der Waals surface area contributed by atoms with Gasteiger partial charge in [0.2, 0.25) is 0 Å². The lowest BCUT2D eigenvalue weighted by molar-refractivity contribution is -0.151. The summed E-state index contributed by atoms with van der Waals surface area (Å²) in [7, 11) is 4.56. The van der Waals surface area contributed by atoms with Crippen LogP contribution in [0.4, 0.5) is 0 Å². The summed E-state index contributed by atoms with van der Waals surface area (Å²) in [6.45, 7) is 0.363. The van der Waals surface area contributed by atoms with Crippen molar-refractivity contribution in [2.24, 2.45) is 0 Å². The smallest absolute Gasteiger partial charge is 0.319 e. The second-order valence-electron chi connectivity index (χ2n) is 10.0. The number of fused-ring (bicyclic) bond motifs is 2. The van der Waals surface area contributed by atoms with E-state index >= 15 is 0 Å². The molecule has 4 aromatic rings. The van der Waals surface area contributed by atoms with Gasteiger partial charge < -0.3 is 24.3 Å². The van der Waals surface area contributed by atoms with Crippen LogP contribution in [0.5, 0.6) is 11.5 Å². The maximum atomic E-state index is 14.3. The molecular weight excluding hydrogens is 554 g/mol. The lowest BCUT2D eigenvalue weighted by Gasteiger charge is -2.41. The number of ether oxygens (including phenoxy) is 4. The molecule has 8 heteroatoms. The molecule has 4 aromatic carbocycles. The largest absolute Gasteiger partial charge is 0.497 e. The molecule has 1 aliphatic heterocycles. The topological polar surface area (TPSA) is 83.1 Å². The number of benzene rings is 4. The van der Waals surface area contributed by atoms with Gasteiger partial charge >= 0.3 is 5.97 Å². The number of carbonyl (C=O) groups excluding carboxylic acids is 2. The molecule has 5 rings (SSSR count). The number of hydrogen-bond donors (Lipinski definition) is 1. The van der Waals surface area contributed by atoms with Gasteiger partial charge in [-0.25, -0.2) is 0 Å². The first-order chi connectivity index (χ1) is 20.4. The average Bonchev–Trinajstić information content (AvgIpc) is 3.03. The SMILES string of the molecule is COC(=O)[C@](COCc1ccccc1OC)(c1ccc(Cl)cc1)[C@@H]1c2ccc(OC)cc2CNC(=O)c2ccccc21. The van der Waals surface area contributed by atoms with Crippen molar-refractivity contribution < 1.29 is 28.5 Å². The highest BCUT2D eigenvalue weighted by atomic mass is 35.5. The molecule has 0 saturated carbocycles. The van der Waals surface area contributed by atoms with Gasteiger partial charge in [0.25, 0.3) is 5.91 Å². The zero-order chi connectivity index (χ0) is 29.7. The molecule has 0 spiro atoms. The summed E-state index contributed by atoms with van der Waals surface area (Å²) in [6.07, 6.45) is 0. The Balaban J connectivity index is 1.77. The van der Waals surface area contributed by atoms with E-state index in [2.05, 4.69) is 5.32 Å². The van der Waals surface area contributed by atoms with Gasteiger partial charge in [0.1, 0.15) is 16.9 Å². The Labute approximate surface area is 250 Å². The van der Waals surface area contributed by atoms with E-state index in [0.29, 0.717) is 33.2 Å². The first-order valence-electron chi connectivity index (χ1n) is 13.5. The highest BCUT2D eigenvalue weighted by Crippen LogP contribution is 2.48. The molecule has 2 atom stereocenters. The van der Waals surface area contributed by atoms with Gasteiger partial charge in [0.05, 0.1) is 34.5 Å². The first-order valence-corrected chi connectivity index (χ1v) is 13.9. The number of hydrogen-bond acceptors (Lipinski definition) is 6. The Morgan fingerprint density at radius 2 is 1.64 bits per heavy atom. The van der Waals surface area contributed by atoms with Gasteiger partial charge in [0.15, 0.2) is 0 Å². The molecule has 0 radical (unpaired) electrons. The van der Waals surface area contributed by atoms with Crippen LogP contribution in [0.3, 0.4) is 0 Å². The van der Waals surface area contributed by atoms with Gasteiger partial charge in [-0.3, -0.25) is 9.59 Å². The minimum absolute atomic E-state index is 0.0640. The maximum Gasteiger partial charge on any atom is 0.319 e. The molecule has 42 heavy (non-hydrogen) atoms. The third kappa shape index (κ3) is 5.45. The van der Waals surface area contributed by atoms with Crippen molar-refractivity contribution in [3.63, 3.8) is 0 Å². The summed E-state index contributed by atoms with van der Waals surface area (Å²) in [5.41, 5.74) is 2.84. The third-order valence-corrected chi connectivity index (χ3v) is 8.05. The summed E-state index contributed by atoms with van der Waals surface area (Å²) in [4.78, 5) is 27.8. The molecule has 0 aromatic heterocycles. The van der Waals surface area contributed by atoms with Gasteiger partial charge in [-0.1, -0.05) is 66.2 Å². The molecule has 1 aliphatic rings. The summed E-state index contributed by atoms with van der Waals surface area (Å²) in [5.74, 6) is -0.107. The van der Waals surface area contributed by atoms with Crippen LogP contribution in [0.2, 0.25) is 5.02 Å². The van der Waals surface area contributed by atoms with Crippen LogP contribution in [0.15, 0.2) is 91.0 Å². The normalized spacial score (nSPS) is 15.6. The monoisotopic (exact) mass is 585 g/mol. The lowest BCUT2D eigenvalue weighted by Crippen LogP contribution is -2.48. The minimum atomic E-state index is -1.42. The van der Waals surface area contributed by atoms with Crippen LogP contribution >= 0.6 is 11.6 Å². The zero-order valence-corrected chi connectivity index (χ0v) is 24.4. The fourth-order valence-electron chi connectivity index (χ4n) is 5.77. The van der Waals surface area contributed by atoms with Crippen LogP contribution in [0.1, 0.15) is 44.1 Å². The number of carbonyl (C=O) groups is 2. The van der Waals surface area contributed by atoms with Crippen LogP contribution < -0.4 is 14.8 Å². The molecule has 7 nitrogen and oxygen atoms in total. The predicted molar refractivity (Wildman–Crippen MR) is 160 cm³/mol. The number of nitrogens with one attached hydrogen (secondary N) is 1. The van der Waals surface area contributed by atoms with Crippen LogP contribution in [-0.4, -0.2) is 39.8 Å². The van der Waals surface area contributed by atoms with E-state index in [1.807, 2.05) is 72.8 Å². The Morgan fingerprint density at radius 3 is 2.38 bits per heavy atom. The van der Waals surface area contributed by atoms with Crippen LogP contribution in [0, 0.1) is 0 Å². The molecule has 0 bridgehead atoms. The summed E-state index contributed by atoms with van der Waals surface area (Å²) in [5, 5.41) is 3.54. The van der Waals surface area contributed by atoms with E-state index in [9.17, 15) is 9.59 Å². The molecule has 0 aliphatic carbocycles. The Morgan fingerprint density at radius 1 is 0.905 bits per heavy atom. The van der Waals surface area contributed by atoms with E-state index in [4.69, 9.17) is 30.5 Å². The molecule has 1 amide bonds. The third-order valence-electron chi connectivity index (χ3n) is 7.80. The maximum absolute atomic E-state index is 14.3. The fraction of sp³-hybridized carbons (Fsp3) is 0.235. The van der Waals surface area contributed by atoms with Crippen molar-refractivity contribution in [3.8, 4) is 11.5 Å². The summed E-state index contributed by atoms with van der Waals surface area (Å²) < 4.78 is 23.0. The quantitative estimate of drug-likeness (QED) is 0.240. The van der Waals surface area contributed by atoms with E-state index in [0.717, 1.165) is 16.7 Å². The second kappa shape index (κ2) is 12.7. The number of esters is 1. The number of halogens is 1. The van der Waals surface area contributed by atoms with Crippen LogP contribution in [-0.2, 0) is 32.8 Å². The van der Waals surface area contributed by atoms with Gasteiger partial charge in [-0.15, -0.1) is 0 Å². The number of amides is 1. The number of methoxy groups -OCH3 is 3. The highest BCUT2D eigenvalue weighted by Gasteiger charge is 2.52. The molecule has 1 heterocycles. The van der Waals surface area contributed by atoms with Crippen molar-refractivity contribution in [2.75, 3.05) is 27.9 Å². The molecule has 1 N–H and O–H groups in total. The second-order valence-corrected chi connectivity index (χ2v) is 10.5. The lowest BCUT2D eigenvalue weighted by atomic mass is 9.63. The molecule has 0 fully saturated rings. The van der Waals surface area contributed by atoms with Crippen molar-refractivity contribution in [3.05, 3.63) is 129 Å². The molecule has 216 valence electrons. The molecular formula is C34H32ClNO6. The zero-order valence-electron chi connectivity index (χ0n) is 23.7. The summed E-state index contributed by atoms with van der Waals surface area (Å²) in [6, 6.07) is 27.7. The van der Waals surface area contributed by atoms with Crippen molar-refractivity contribution in [1.82, 2.24) is 5.32 Å². The average molecular weight is 586 g/mol. The van der Waals surface area contributed by atoms with Gasteiger partial charge in [0, 0.05) is 28.6 Å². The first kappa shape index (κ1) is 29.2. The van der Waals surface area contributed by atoms with E-state index in [-0.39, 0.29) is 25.7 Å². The highest BCUT2D eigenvalue weighted by molar-refractivity contribution is 6.30. The van der Waals surface area contributed by atoms with Crippen LogP contribution in [0.25, 0.3) is 0 Å². The van der Waals surface area contributed by atoms with Crippen molar-refractivity contribution in [1.29, 1.82) is 0 Å². The van der Waals surface area contributed by atoms with Crippen molar-refractivity contribution in [2.45, 2.75) is 24.5 Å². The van der Waals surface area contributed by atoms with Gasteiger partial charge in [-0.05, 0) is 58.7 Å². The van der Waals surface area contributed by atoms with E-state index < -0.39 is 17.3 Å². The summed E-state index contributed by atoms with van der Waals surface area (Å²) >= 11 is 6.31. The Kier molecular flexibility index (Phi) is 8.80. The Bertz CT molecular complexity index is 1590. The number of rotatable bonds is 9. The fourth-order valence-corrected chi connectivity index (χ4v) is 5.90. The predicted octanol–water partition coefficient (Wildman–Crippen LogP) is 6.06. The van der Waals surface area contributed by atoms with Gasteiger partial charge in [-0.2, -0.15) is 0 Å². The minimum Gasteiger partial charge on any atom is -0.497 e. The standard InChI is InChI=1S/C34H32ClNO6/c1-39-26-16-17-27-23(18-26)19-36-32(37)29-10-6-5-9-28(29)31(27)34(33(38)41-3,24-12-14-25(35)15-13-24)21-42-20-22-8-4-7-11-30(22)40-2/h4-18,31H,19-21H2,1-3H3,(H,36,37)/t31-,34-/m1/s1. The number of para-hydroxylation sites is 1. The van der Waals surface area contributed by atoms with Crippen molar-refractivity contribution >= 4 is 23.5 Å². The van der Waals surface area contributed by atoms with E-state index in [1.165, 1.54) is 7.11 Å².